The van der Waals surface area contributed by atoms with Gasteiger partial charge in [0.25, 0.3) is 0 Å². The Morgan fingerprint density at radius 2 is 2.26 bits per heavy atom. The molecular formula is C16H18BrN3O3. The molecule has 1 aliphatic rings. The zero-order valence-electron chi connectivity index (χ0n) is 12.6. The highest BCUT2D eigenvalue weighted by Gasteiger charge is 2.21. The van der Waals surface area contributed by atoms with Gasteiger partial charge in [-0.25, -0.2) is 4.98 Å². The molecule has 7 heteroatoms. The number of pyridine rings is 1. The van der Waals surface area contributed by atoms with E-state index in [0.29, 0.717) is 18.8 Å². The summed E-state index contributed by atoms with van der Waals surface area (Å²) in [4.78, 5) is 15.0. The first-order valence-electron chi connectivity index (χ1n) is 7.69. The van der Waals surface area contributed by atoms with Crippen LogP contribution in [0.25, 0.3) is 10.9 Å². The van der Waals surface area contributed by atoms with Gasteiger partial charge < -0.3 is 10.1 Å². The molecule has 0 aliphatic heterocycles. The molecule has 0 amide bonds. The second-order valence-electron chi connectivity index (χ2n) is 5.74. The third-order valence-corrected chi connectivity index (χ3v) is 4.32. The molecule has 1 aliphatic carbocycles. The maximum atomic E-state index is 11.3. The van der Waals surface area contributed by atoms with Crippen molar-refractivity contribution in [2.75, 3.05) is 25.1 Å². The largest absolute Gasteiger partial charge is 0.381 e. The molecule has 1 fully saturated rings. The molecule has 0 saturated heterocycles. The second kappa shape index (κ2) is 7.23. The van der Waals surface area contributed by atoms with Crippen LogP contribution in [0.2, 0.25) is 0 Å². The Labute approximate surface area is 142 Å². The fourth-order valence-corrected chi connectivity index (χ4v) is 2.76. The summed E-state index contributed by atoms with van der Waals surface area (Å²) in [5.74, 6) is 0.755. The van der Waals surface area contributed by atoms with Gasteiger partial charge in [-0.05, 0) is 43.4 Å². The summed E-state index contributed by atoms with van der Waals surface area (Å²) in [5.41, 5.74) is 1.24. The van der Waals surface area contributed by atoms with Crippen LogP contribution in [-0.4, -0.2) is 29.7 Å². The van der Waals surface area contributed by atoms with Gasteiger partial charge in [-0.2, -0.15) is 0 Å². The molecule has 3 rings (SSSR count). The number of rotatable bonds is 8. The maximum Gasteiger partial charge on any atom is 0.311 e. The van der Waals surface area contributed by atoms with Crippen LogP contribution in [-0.2, 0) is 4.74 Å². The summed E-state index contributed by atoms with van der Waals surface area (Å²) in [6.07, 6.45) is 4.68. The molecule has 1 heterocycles. The number of hydrogen-bond donors (Lipinski definition) is 1. The van der Waals surface area contributed by atoms with Crippen LogP contribution < -0.4 is 5.32 Å². The first-order chi connectivity index (χ1) is 11.1. The molecule has 0 spiro atoms. The molecule has 1 saturated carbocycles. The molecule has 1 aromatic carbocycles. The van der Waals surface area contributed by atoms with Crippen molar-refractivity contribution < 1.29 is 9.66 Å². The summed E-state index contributed by atoms with van der Waals surface area (Å²) in [6, 6.07) is 5.56. The minimum atomic E-state index is -0.404. The quantitative estimate of drug-likeness (QED) is 0.423. The van der Waals surface area contributed by atoms with Crippen molar-refractivity contribution in [3.63, 3.8) is 0 Å². The first-order valence-corrected chi connectivity index (χ1v) is 8.48. The summed E-state index contributed by atoms with van der Waals surface area (Å²) in [6.45, 7) is 2.13. The lowest BCUT2D eigenvalue weighted by atomic mass is 10.1. The Morgan fingerprint density at radius 3 is 3.00 bits per heavy atom. The van der Waals surface area contributed by atoms with Crippen molar-refractivity contribution in [2.24, 2.45) is 5.92 Å². The number of aromatic nitrogens is 1. The van der Waals surface area contributed by atoms with E-state index in [-0.39, 0.29) is 5.69 Å². The topological polar surface area (TPSA) is 77.3 Å². The molecule has 2 aromatic rings. The Kier molecular flexibility index (Phi) is 5.07. The van der Waals surface area contributed by atoms with Gasteiger partial charge in [0, 0.05) is 29.6 Å². The van der Waals surface area contributed by atoms with E-state index in [1.165, 1.54) is 19.0 Å². The van der Waals surface area contributed by atoms with E-state index in [9.17, 15) is 10.1 Å². The van der Waals surface area contributed by atoms with Crippen molar-refractivity contribution in [1.82, 2.24) is 4.98 Å². The average molecular weight is 380 g/mol. The number of nitrogens with zero attached hydrogens (tertiary/aromatic N) is 2. The first kappa shape index (κ1) is 16.1. The number of anilines is 1. The third kappa shape index (κ3) is 4.17. The van der Waals surface area contributed by atoms with Crippen LogP contribution in [0.3, 0.4) is 0 Å². The standard InChI is InChI=1S/C16H18BrN3O3/c17-12-4-5-14-13(8-12)16(15(9-19-14)20(21)22)18-6-1-7-23-10-11-2-3-11/h4-5,8-9,11H,1-3,6-7,10H2,(H,18,19). The van der Waals surface area contributed by atoms with Crippen LogP contribution in [0.5, 0.6) is 0 Å². The SMILES string of the molecule is O=[N+]([O-])c1cnc2ccc(Br)cc2c1NCCCOCC1CC1. The van der Waals surface area contributed by atoms with Crippen molar-refractivity contribution in [3.8, 4) is 0 Å². The molecule has 0 unspecified atom stereocenters. The number of nitrogens with one attached hydrogen (secondary N) is 1. The lowest BCUT2D eigenvalue weighted by molar-refractivity contribution is -0.384. The minimum Gasteiger partial charge on any atom is -0.381 e. The van der Waals surface area contributed by atoms with Crippen LogP contribution >= 0.6 is 15.9 Å². The van der Waals surface area contributed by atoms with Crippen molar-refractivity contribution in [3.05, 3.63) is 39.0 Å². The van der Waals surface area contributed by atoms with Gasteiger partial charge in [0.05, 0.1) is 10.4 Å². The summed E-state index contributed by atoms with van der Waals surface area (Å²) in [5, 5.41) is 15.2. The van der Waals surface area contributed by atoms with Gasteiger partial charge in [-0.3, -0.25) is 10.1 Å². The van der Waals surface area contributed by atoms with E-state index in [1.54, 1.807) is 0 Å². The highest BCUT2D eigenvalue weighted by molar-refractivity contribution is 9.10. The molecule has 23 heavy (non-hydrogen) atoms. The van der Waals surface area contributed by atoms with Gasteiger partial charge in [-0.1, -0.05) is 15.9 Å². The Hall–Kier alpha value is -1.73. The smallest absolute Gasteiger partial charge is 0.311 e. The number of ether oxygens (including phenoxy) is 1. The monoisotopic (exact) mass is 379 g/mol. The molecule has 1 N–H and O–H groups in total. The van der Waals surface area contributed by atoms with E-state index in [0.717, 1.165) is 34.3 Å². The van der Waals surface area contributed by atoms with Crippen molar-refractivity contribution in [2.45, 2.75) is 19.3 Å². The predicted molar refractivity (Wildman–Crippen MR) is 92.7 cm³/mol. The van der Waals surface area contributed by atoms with Crippen LogP contribution in [0.1, 0.15) is 19.3 Å². The number of hydrogen-bond acceptors (Lipinski definition) is 5. The van der Waals surface area contributed by atoms with Crippen molar-refractivity contribution >= 4 is 38.2 Å². The normalized spacial score (nSPS) is 14.1. The molecule has 1 aromatic heterocycles. The van der Waals surface area contributed by atoms with E-state index in [2.05, 4.69) is 26.2 Å². The summed E-state index contributed by atoms with van der Waals surface area (Å²) in [7, 11) is 0. The Morgan fingerprint density at radius 1 is 1.43 bits per heavy atom. The highest BCUT2D eigenvalue weighted by atomic mass is 79.9. The van der Waals surface area contributed by atoms with Gasteiger partial charge >= 0.3 is 5.69 Å². The molecule has 0 atom stereocenters. The number of nitro groups is 1. The number of fused-ring (bicyclic) bond motifs is 1. The summed E-state index contributed by atoms with van der Waals surface area (Å²) < 4.78 is 6.45. The average Bonchev–Trinajstić information content (AvgIpc) is 3.34. The second-order valence-corrected chi connectivity index (χ2v) is 6.65. The van der Waals surface area contributed by atoms with Gasteiger partial charge in [-0.15, -0.1) is 0 Å². The van der Waals surface area contributed by atoms with Gasteiger partial charge in [0.15, 0.2) is 0 Å². The molecule has 0 radical (unpaired) electrons. The van der Waals surface area contributed by atoms with Crippen LogP contribution in [0, 0.1) is 16.0 Å². The summed E-state index contributed by atoms with van der Waals surface area (Å²) >= 11 is 3.40. The van der Waals surface area contributed by atoms with Crippen LogP contribution in [0.4, 0.5) is 11.4 Å². The van der Waals surface area contributed by atoms with Gasteiger partial charge in [0.2, 0.25) is 0 Å². The van der Waals surface area contributed by atoms with E-state index in [1.807, 2.05) is 18.2 Å². The minimum absolute atomic E-state index is 0.00509. The van der Waals surface area contributed by atoms with E-state index >= 15 is 0 Å². The van der Waals surface area contributed by atoms with E-state index < -0.39 is 4.92 Å². The third-order valence-electron chi connectivity index (χ3n) is 3.82. The number of halogens is 1. The van der Waals surface area contributed by atoms with Gasteiger partial charge in [0.1, 0.15) is 11.9 Å². The number of benzene rings is 1. The zero-order chi connectivity index (χ0) is 16.2. The fourth-order valence-electron chi connectivity index (χ4n) is 2.40. The molecule has 122 valence electrons. The molecular weight excluding hydrogens is 362 g/mol. The molecule has 0 bridgehead atoms. The van der Waals surface area contributed by atoms with Crippen LogP contribution in [0.15, 0.2) is 28.9 Å². The Bertz CT molecular complexity index is 719. The highest BCUT2D eigenvalue weighted by Crippen LogP contribution is 2.33. The zero-order valence-corrected chi connectivity index (χ0v) is 14.2. The fraction of sp³-hybridized carbons (Fsp3) is 0.438. The lowest BCUT2D eigenvalue weighted by Gasteiger charge is -2.10. The predicted octanol–water partition coefficient (Wildman–Crippen LogP) is 4.13. The Balaban J connectivity index is 1.69. The van der Waals surface area contributed by atoms with E-state index in [4.69, 9.17) is 4.74 Å². The van der Waals surface area contributed by atoms with Crippen molar-refractivity contribution in [1.29, 1.82) is 0 Å². The maximum absolute atomic E-state index is 11.3. The lowest BCUT2D eigenvalue weighted by Crippen LogP contribution is -2.09. The molecule has 6 nitrogen and oxygen atoms in total.